The van der Waals surface area contributed by atoms with Crippen molar-refractivity contribution in [2.24, 2.45) is 0 Å². The number of nitrogens with zero attached hydrogens (tertiary/aromatic N) is 4. The average molecular weight is 306 g/mol. The Morgan fingerprint density at radius 1 is 1.30 bits per heavy atom. The van der Waals surface area contributed by atoms with E-state index in [0.29, 0.717) is 6.04 Å². The molecule has 0 atom stereocenters. The second-order valence-corrected chi connectivity index (χ2v) is 6.96. The van der Waals surface area contributed by atoms with Gasteiger partial charge in [-0.3, -0.25) is 9.47 Å². The van der Waals surface area contributed by atoms with Gasteiger partial charge in [-0.05, 0) is 62.4 Å². The monoisotopic (exact) mass is 306 g/mol. The first-order valence-corrected chi connectivity index (χ1v) is 8.57. The Morgan fingerprint density at radius 3 is 2.75 bits per heavy atom. The van der Waals surface area contributed by atoms with Crippen LogP contribution in [0.5, 0.6) is 0 Å². The molecule has 0 amide bonds. The molecular formula is C14H18N4S2. The molecule has 3 heterocycles. The van der Waals surface area contributed by atoms with Gasteiger partial charge < -0.3 is 0 Å². The SMILES string of the molecule is S=c1n(CN2CCCC2)nc(-c2cccs2)n1C1CC1. The molecule has 0 spiro atoms. The molecule has 2 aromatic rings. The molecule has 4 rings (SSSR count). The fourth-order valence-electron chi connectivity index (χ4n) is 2.86. The zero-order valence-corrected chi connectivity index (χ0v) is 13.0. The van der Waals surface area contributed by atoms with Crippen molar-refractivity contribution in [3.05, 3.63) is 22.3 Å². The van der Waals surface area contributed by atoms with Crippen LogP contribution in [0.15, 0.2) is 17.5 Å². The molecule has 20 heavy (non-hydrogen) atoms. The summed E-state index contributed by atoms with van der Waals surface area (Å²) in [6.45, 7) is 3.19. The molecule has 2 fully saturated rings. The first-order valence-electron chi connectivity index (χ1n) is 7.28. The summed E-state index contributed by atoms with van der Waals surface area (Å²) < 4.78 is 5.19. The summed E-state index contributed by atoms with van der Waals surface area (Å²) in [6.07, 6.45) is 5.08. The van der Waals surface area contributed by atoms with Crippen LogP contribution in [-0.2, 0) is 6.67 Å². The molecule has 1 aliphatic carbocycles. The van der Waals surface area contributed by atoms with Crippen LogP contribution in [0.3, 0.4) is 0 Å². The van der Waals surface area contributed by atoms with Crippen LogP contribution in [-0.4, -0.2) is 32.3 Å². The minimum atomic E-state index is 0.576. The first-order chi connectivity index (χ1) is 9.83. The molecule has 4 nitrogen and oxygen atoms in total. The van der Waals surface area contributed by atoms with Crippen LogP contribution in [0.25, 0.3) is 10.7 Å². The van der Waals surface area contributed by atoms with E-state index in [2.05, 4.69) is 27.0 Å². The van der Waals surface area contributed by atoms with Crippen molar-refractivity contribution in [3.8, 4) is 10.7 Å². The average Bonchev–Trinajstić information content (AvgIpc) is 2.89. The maximum atomic E-state index is 5.68. The van der Waals surface area contributed by atoms with E-state index in [0.717, 1.165) is 17.3 Å². The Labute approximate surface area is 127 Å². The highest BCUT2D eigenvalue weighted by atomic mass is 32.1. The van der Waals surface area contributed by atoms with E-state index in [4.69, 9.17) is 17.3 Å². The Balaban J connectivity index is 1.72. The van der Waals surface area contributed by atoms with E-state index in [1.54, 1.807) is 11.3 Å². The van der Waals surface area contributed by atoms with Gasteiger partial charge in [0, 0.05) is 6.04 Å². The molecule has 0 radical (unpaired) electrons. The number of rotatable bonds is 4. The van der Waals surface area contributed by atoms with Crippen molar-refractivity contribution in [2.45, 2.75) is 38.4 Å². The van der Waals surface area contributed by atoms with Gasteiger partial charge >= 0.3 is 0 Å². The molecule has 1 saturated heterocycles. The Kier molecular flexibility index (Phi) is 3.24. The highest BCUT2D eigenvalue weighted by Crippen LogP contribution is 2.39. The summed E-state index contributed by atoms with van der Waals surface area (Å²) in [5.41, 5.74) is 0. The maximum Gasteiger partial charge on any atom is 0.199 e. The Hall–Kier alpha value is -0.980. The zero-order chi connectivity index (χ0) is 13.5. The summed E-state index contributed by atoms with van der Waals surface area (Å²) in [5, 5.41) is 6.93. The fourth-order valence-corrected chi connectivity index (χ4v) is 3.90. The van der Waals surface area contributed by atoms with Gasteiger partial charge in [-0.15, -0.1) is 16.4 Å². The van der Waals surface area contributed by atoms with Gasteiger partial charge in [0.2, 0.25) is 0 Å². The van der Waals surface area contributed by atoms with E-state index >= 15 is 0 Å². The van der Waals surface area contributed by atoms with Gasteiger partial charge in [-0.1, -0.05) is 6.07 Å². The minimum absolute atomic E-state index is 0.576. The van der Waals surface area contributed by atoms with Crippen molar-refractivity contribution in [3.63, 3.8) is 0 Å². The van der Waals surface area contributed by atoms with Crippen molar-refractivity contribution >= 4 is 23.6 Å². The molecule has 0 aromatic carbocycles. The second kappa shape index (κ2) is 5.09. The summed E-state index contributed by atoms with van der Waals surface area (Å²) >= 11 is 7.42. The lowest BCUT2D eigenvalue weighted by atomic mass is 10.4. The van der Waals surface area contributed by atoms with Gasteiger partial charge in [-0.25, -0.2) is 4.68 Å². The molecule has 2 aromatic heterocycles. The third-order valence-corrected chi connectivity index (χ3v) is 5.33. The standard InChI is InChI=1S/C14H18N4S2/c19-14-17(10-16-7-1-2-8-16)15-13(12-4-3-9-20-12)18(14)11-5-6-11/h3-4,9,11H,1-2,5-8,10H2. The molecule has 1 saturated carbocycles. The van der Waals surface area contributed by atoms with Gasteiger partial charge in [0.25, 0.3) is 0 Å². The van der Waals surface area contributed by atoms with Crippen LogP contribution in [0.4, 0.5) is 0 Å². The van der Waals surface area contributed by atoms with Gasteiger partial charge in [0.1, 0.15) is 0 Å². The van der Waals surface area contributed by atoms with E-state index in [-0.39, 0.29) is 0 Å². The van der Waals surface area contributed by atoms with E-state index < -0.39 is 0 Å². The van der Waals surface area contributed by atoms with Crippen molar-refractivity contribution in [2.75, 3.05) is 13.1 Å². The summed E-state index contributed by atoms with van der Waals surface area (Å²) in [7, 11) is 0. The summed E-state index contributed by atoms with van der Waals surface area (Å²) in [6, 6.07) is 4.80. The normalized spacial score (nSPS) is 19.8. The van der Waals surface area contributed by atoms with Crippen molar-refractivity contribution in [1.29, 1.82) is 0 Å². The van der Waals surface area contributed by atoms with Crippen LogP contribution in [0, 0.1) is 4.77 Å². The van der Waals surface area contributed by atoms with E-state index in [9.17, 15) is 0 Å². The molecule has 2 aliphatic rings. The topological polar surface area (TPSA) is 26.0 Å². The minimum Gasteiger partial charge on any atom is -0.296 e. The first kappa shape index (κ1) is 12.7. The predicted molar refractivity (Wildman–Crippen MR) is 83.4 cm³/mol. The van der Waals surface area contributed by atoms with Gasteiger partial charge in [-0.2, -0.15) is 0 Å². The molecule has 0 bridgehead atoms. The lowest BCUT2D eigenvalue weighted by Gasteiger charge is -2.13. The smallest absolute Gasteiger partial charge is 0.199 e. The Bertz CT molecular complexity index is 645. The number of likely N-dealkylation sites (tertiary alicyclic amines) is 1. The van der Waals surface area contributed by atoms with Gasteiger partial charge in [0.05, 0.1) is 11.5 Å². The molecule has 0 N–H and O–H groups in total. The lowest BCUT2D eigenvalue weighted by molar-refractivity contribution is 0.253. The molecule has 6 heteroatoms. The molecular weight excluding hydrogens is 288 g/mol. The second-order valence-electron chi connectivity index (χ2n) is 5.65. The number of hydrogen-bond acceptors (Lipinski definition) is 4. The van der Waals surface area contributed by atoms with Crippen molar-refractivity contribution in [1.82, 2.24) is 19.2 Å². The van der Waals surface area contributed by atoms with Crippen LogP contribution >= 0.6 is 23.6 Å². The van der Waals surface area contributed by atoms with E-state index in [1.165, 1.54) is 43.6 Å². The quantitative estimate of drug-likeness (QED) is 0.808. The molecule has 0 unspecified atom stereocenters. The highest BCUT2D eigenvalue weighted by Gasteiger charge is 2.29. The third-order valence-electron chi connectivity index (χ3n) is 4.06. The number of hydrogen-bond donors (Lipinski definition) is 0. The fraction of sp³-hybridized carbons (Fsp3) is 0.571. The van der Waals surface area contributed by atoms with Gasteiger partial charge in [0.15, 0.2) is 10.6 Å². The van der Waals surface area contributed by atoms with Crippen LogP contribution in [0.1, 0.15) is 31.7 Å². The van der Waals surface area contributed by atoms with Crippen LogP contribution < -0.4 is 0 Å². The van der Waals surface area contributed by atoms with Crippen LogP contribution in [0.2, 0.25) is 0 Å². The summed E-state index contributed by atoms with van der Waals surface area (Å²) in [4.78, 5) is 3.67. The molecule has 106 valence electrons. The third kappa shape index (κ3) is 2.25. The molecule has 1 aliphatic heterocycles. The number of thiophene rings is 1. The lowest BCUT2D eigenvalue weighted by Crippen LogP contribution is -2.23. The van der Waals surface area contributed by atoms with E-state index in [1.807, 2.05) is 4.68 Å². The maximum absolute atomic E-state index is 5.68. The van der Waals surface area contributed by atoms with Crippen molar-refractivity contribution < 1.29 is 0 Å². The summed E-state index contributed by atoms with van der Waals surface area (Å²) in [5.74, 6) is 1.06. The Morgan fingerprint density at radius 2 is 2.10 bits per heavy atom. The predicted octanol–water partition coefficient (Wildman–Crippen LogP) is 3.53. The zero-order valence-electron chi connectivity index (χ0n) is 11.4. The number of aromatic nitrogens is 3. The highest BCUT2D eigenvalue weighted by molar-refractivity contribution is 7.71. The largest absolute Gasteiger partial charge is 0.296 e.